The number of benzene rings is 1. The fourth-order valence-corrected chi connectivity index (χ4v) is 3.57. The SMILES string of the molecule is O=C(C=Cc1cccc([N+](=O)[O-])c1)N[C@H]1C[C@@H]2CC[C@@H]1C2. The normalized spacial score (nSPS) is 27.1. The van der Waals surface area contributed by atoms with E-state index in [4.69, 9.17) is 0 Å². The summed E-state index contributed by atoms with van der Waals surface area (Å²) in [5, 5.41) is 13.8. The molecule has 0 aliphatic heterocycles. The Morgan fingerprint density at radius 1 is 1.33 bits per heavy atom. The highest BCUT2D eigenvalue weighted by Crippen LogP contribution is 2.44. The van der Waals surface area contributed by atoms with Gasteiger partial charge in [0.2, 0.25) is 5.91 Å². The molecular formula is C16H18N2O3. The number of nitrogens with one attached hydrogen (secondary N) is 1. The Kier molecular flexibility index (Phi) is 3.73. The number of hydrogen-bond acceptors (Lipinski definition) is 3. The van der Waals surface area contributed by atoms with E-state index in [1.165, 1.54) is 37.5 Å². The number of nitro groups is 1. The molecule has 1 aromatic carbocycles. The van der Waals surface area contributed by atoms with Crippen molar-refractivity contribution in [1.29, 1.82) is 0 Å². The molecule has 0 spiro atoms. The lowest BCUT2D eigenvalue weighted by Gasteiger charge is -2.22. The van der Waals surface area contributed by atoms with E-state index in [1.54, 1.807) is 18.2 Å². The third-order valence-electron chi connectivity index (χ3n) is 4.57. The van der Waals surface area contributed by atoms with Crippen molar-refractivity contribution in [1.82, 2.24) is 5.32 Å². The summed E-state index contributed by atoms with van der Waals surface area (Å²) < 4.78 is 0. The fraction of sp³-hybridized carbons (Fsp3) is 0.438. The van der Waals surface area contributed by atoms with E-state index in [-0.39, 0.29) is 11.6 Å². The van der Waals surface area contributed by atoms with E-state index < -0.39 is 4.92 Å². The second kappa shape index (κ2) is 5.68. The first-order valence-electron chi connectivity index (χ1n) is 7.35. The summed E-state index contributed by atoms with van der Waals surface area (Å²) >= 11 is 0. The zero-order valence-electron chi connectivity index (χ0n) is 11.7. The van der Waals surface area contributed by atoms with Gasteiger partial charge < -0.3 is 5.32 Å². The topological polar surface area (TPSA) is 72.2 Å². The van der Waals surface area contributed by atoms with Gasteiger partial charge in [0.1, 0.15) is 0 Å². The number of amides is 1. The molecular weight excluding hydrogens is 268 g/mol. The van der Waals surface area contributed by atoms with E-state index in [0.29, 0.717) is 17.5 Å². The standard InChI is InChI=1S/C16H18N2O3/c19-16(17-15-10-12-4-6-13(15)8-12)7-5-11-2-1-3-14(9-11)18(20)21/h1-3,5,7,9,12-13,15H,4,6,8,10H2,(H,17,19)/t12-,13-,15+/m1/s1. The molecule has 5 heteroatoms. The van der Waals surface area contributed by atoms with Gasteiger partial charge in [-0.25, -0.2) is 0 Å². The van der Waals surface area contributed by atoms with Crippen LogP contribution in [0.3, 0.4) is 0 Å². The smallest absolute Gasteiger partial charge is 0.270 e. The number of hydrogen-bond donors (Lipinski definition) is 1. The van der Waals surface area contributed by atoms with Crippen molar-refractivity contribution in [3.8, 4) is 0 Å². The largest absolute Gasteiger partial charge is 0.350 e. The van der Waals surface area contributed by atoms with Gasteiger partial charge in [-0.15, -0.1) is 0 Å². The van der Waals surface area contributed by atoms with Gasteiger partial charge in [-0.1, -0.05) is 18.6 Å². The minimum absolute atomic E-state index is 0.0330. The van der Waals surface area contributed by atoms with Crippen LogP contribution in [0.15, 0.2) is 30.3 Å². The van der Waals surface area contributed by atoms with Crippen LogP contribution in [0, 0.1) is 22.0 Å². The summed E-state index contributed by atoms with van der Waals surface area (Å²) in [5.41, 5.74) is 0.693. The monoisotopic (exact) mass is 286 g/mol. The summed E-state index contributed by atoms with van der Waals surface area (Å²) in [6.07, 6.45) is 7.96. The summed E-state index contributed by atoms with van der Waals surface area (Å²) in [7, 11) is 0. The van der Waals surface area contributed by atoms with Gasteiger partial charge >= 0.3 is 0 Å². The number of nitro benzene ring substituents is 1. The second-order valence-electron chi connectivity index (χ2n) is 5.98. The van der Waals surface area contributed by atoms with Gasteiger partial charge in [0.05, 0.1) is 4.92 Å². The van der Waals surface area contributed by atoms with E-state index in [1.807, 2.05) is 0 Å². The lowest BCUT2D eigenvalue weighted by atomic mass is 9.95. The van der Waals surface area contributed by atoms with Crippen molar-refractivity contribution < 1.29 is 9.72 Å². The second-order valence-corrected chi connectivity index (χ2v) is 5.98. The summed E-state index contributed by atoms with van der Waals surface area (Å²) in [6.45, 7) is 0. The predicted octanol–water partition coefficient (Wildman–Crippen LogP) is 2.91. The Morgan fingerprint density at radius 3 is 2.86 bits per heavy atom. The lowest BCUT2D eigenvalue weighted by Crippen LogP contribution is -2.37. The molecule has 0 saturated heterocycles. The third kappa shape index (κ3) is 3.12. The van der Waals surface area contributed by atoms with Crippen LogP contribution in [-0.2, 0) is 4.79 Å². The molecule has 2 aliphatic carbocycles. The Balaban J connectivity index is 1.59. The van der Waals surface area contributed by atoms with E-state index in [0.717, 1.165) is 12.3 Å². The highest BCUT2D eigenvalue weighted by molar-refractivity contribution is 5.92. The minimum atomic E-state index is -0.438. The molecule has 5 nitrogen and oxygen atoms in total. The van der Waals surface area contributed by atoms with Crippen LogP contribution >= 0.6 is 0 Å². The Bertz CT molecular complexity index is 597. The van der Waals surface area contributed by atoms with Crippen molar-refractivity contribution in [3.63, 3.8) is 0 Å². The molecule has 3 rings (SSSR count). The van der Waals surface area contributed by atoms with Crippen LogP contribution < -0.4 is 5.32 Å². The lowest BCUT2D eigenvalue weighted by molar-refractivity contribution is -0.384. The number of carbonyl (C=O) groups excluding carboxylic acids is 1. The molecule has 2 aliphatic rings. The molecule has 0 radical (unpaired) electrons. The Morgan fingerprint density at radius 2 is 2.19 bits per heavy atom. The fourth-order valence-electron chi connectivity index (χ4n) is 3.57. The van der Waals surface area contributed by atoms with Gasteiger partial charge in [-0.2, -0.15) is 0 Å². The van der Waals surface area contributed by atoms with Crippen LogP contribution in [0.1, 0.15) is 31.2 Å². The van der Waals surface area contributed by atoms with Gasteiger partial charge in [-0.3, -0.25) is 14.9 Å². The van der Waals surface area contributed by atoms with Crippen molar-refractivity contribution in [2.75, 3.05) is 0 Å². The first-order valence-corrected chi connectivity index (χ1v) is 7.35. The number of rotatable bonds is 4. The van der Waals surface area contributed by atoms with Crippen LogP contribution in [0.2, 0.25) is 0 Å². The number of carbonyl (C=O) groups is 1. The summed E-state index contributed by atoms with van der Waals surface area (Å²) in [4.78, 5) is 22.2. The average Bonchev–Trinajstić information content (AvgIpc) is 3.08. The molecule has 2 saturated carbocycles. The molecule has 0 heterocycles. The van der Waals surface area contributed by atoms with Gasteiger partial charge in [0.15, 0.2) is 0 Å². The Labute approximate surface area is 123 Å². The molecule has 110 valence electrons. The van der Waals surface area contributed by atoms with Crippen molar-refractivity contribution in [2.24, 2.45) is 11.8 Å². The molecule has 3 atom stereocenters. The van der Waals surface area contributed by atoms with Gasteiger partial charge in [0.25, 0.3) is 5.69 Å². The van der Waals surface area contributed by atoms with Crippen molar-refractivity contribution in [3.05, 3.63) is 46.0 Å². The van der Waals surface area contributed by atoms with E-state index in [2.05, 4.69) is 5.32 Å². The maximum atomic E-state index is 11.9. The maximum Gasteiger partial charge on any atom is 0.270 e. The zero-order chi connectivity index (χ0) is 14.8. The minimum Gasteiger partial charge on any atom is -0.350 e. The summed E-state index contributed by atoms with van der Waals surface area (Å²) in [5.74, 6) is 1.32. The number of nitrogens with zero attached hydrogens (tertiary/aromatic N) is 1. The number of non-ortho nitro benzene ring substituents is 1. The molecule has 2 bridgehead atoms. The maximum absolute atomic E-state index is 11.9. The molecule has 21 heavy (non-hydrogen) atoms. The zero-order valence-corrected chi connectivity index (χ0v) is 11.7. The van der Waals surface area contributed by atoms with Crippen LogP contribution in [0.4, 0.5) is 5.69 Å². The van der Waals surface area contributed by atoms with Crippen LogP contribution in [0.5, 0.6) is 0 Å². The molecule has 1 aromatic rings. The Hall–Kier alpha value is -2.17. The molecule has 0 unspecified atom stereocenters. The molecule has 1 amide bonds. The summed E-state index contributed by atoms with van der Waals surface area (Å²) in [6, 6.07) is 6.57. The van der Waals surface area contributed by atoms with Gasteiger partial charge in [0, 0.05) is 24.3 Å². The quantitative estimate of drug-likeness (QED) is 0.525. The first kappa shape index (κ1) is 13.8. The van der Waals surface area contributed by atoms with E-state index in [9.17, 15) is 14.9 Å². The third-order valence-corrected chi connectivity index (χ3v) is 4.57. The molecule has 0 aromatic heterocycles. The van der Waals surface area contributed by atoms with Crippen molar-refractivity contribution >= 4 is 17.7 Å². The van der Waals surface area contributed by atoms with Crippen LogP contribution in [0.25, 0.3) is 6.08 Å². The number of fused-ring (bicyclic) bond motifs is 2. The highest BCUT2D eigenvalue weighted by Gasteiger charge is 2.39. The first-order chi connectivity index (χ1) is 10.1. The van der Waals surface area contributed by atoms with Crippen LogP contribution in [-0.4, -0.2) is 16.9 Å². The van der Waals surface area contributed by atoms with Gasteiger partial charge in [-0.05, 0) is 42.7 Å². The average molecular weight is 286 g/mol. The van der Waals surface area contributed by atoms with Crippen molar-refractivity contribution in [2.45, 2.75) is 31.7 Å². The molecule has 1 N–H and O–H groups in total. The molecule has 2 fully saturated rings. The predicted molar refractivity (Wildman–Crippen MR) is 79.5 cm³/mol. The highest BCUT2D eigenvalue weighted by atomic mass is 16.6. The van der Waals surface area contributed by atoms with E-state index >= 15 is 0 Å².